The Balaban J connectivity index is 1.66. The molecule has 6 atom stereocenters. The number of fused-ring (bicyclic) bond motifs is 1. The van der Waals surface area contributed by atoms with E-state index in [-0.39, 0.29) is 36.3 Å². The van der Waals surface area contributed by atoms with Gasteiger partial charge in [0, 0.05) is 31.7 Å². The second-order valence-electron chi connectivity index (χ2n) is 6.44. The number of nitrogens with two attached hydrogens (primary N) is 1. The van der Waals surface area contributed by atoms with Crippen LogP contribution < -0.4 is 10.5 Å². The van der Waals surface area contributed by atoms with Gasteiger partial charge in [0.15, 0.2) is 0 Å². The Morgan fingerprint density at radius 2 is 1.90 bits per heavy atom. The minimum atomic E-state index is -3.55. The van der Waals surface area contributed by atoms with Gasteiger partial charge >= 0.3 is 0 Å². The number of rotatable bonds is 3. The van der Waals surface area contributed by atoms with Crippen LogP contribution in [0.5, 0.6) is 0 Å². The molecule has 6 unspecified atom stereocenters. The summed E-state index contributed by atoms with van der Waals surface area (Å²) in [6, 6.07) is -0.463. The van der Waals surface area contributed by atoms with Gasteiger partial charge in [-0.1, -0.05) is 0 Å². The Hall–Kier alpha value is -0.250. The van der Waals surface area contributed by atoms with Crippen LogP contribution >= 0.6 is 0 Å². The molecule has 3 N–H and O–H groups in total. The molecule has 0 bridgehead atoms. The Morgan fingerprint density at radius 1 is 1.24 bits per heavy atom. The molecule has 0 aromatic heterocycles. The summed E-state index contributed by atoms with van der Waals surface area (Å²) in [6.45, 7) is 5.20. The molecule has 0 spiro atoms. The molecule has 3 aliphatic rings. The Morgan fingerprint density at radius 3 is 2.57 bits per heavy atom. The molecule has 3 rings (SSSR count). The summed E-state index contributed by atoms with van der Waals surface area (Å²) in [5.41, 5.74) is 6.12. The highest BCUT2D eigenvalue weighted by Gasteiger charge is 2.52. The van der Waals surface area contributed by atoms with E-state index < -0.39 is 10.2 Å². The fraction of sp³-hybridized carbons (Fsp3) is 1.00. The van der Waals surface area contributed by atoms with E-state index in [1.165, 1.54) is 4.31 Å². The van der Waals surface area contributed by atoms with Crippen LogP contribution in [0.15, 0.2) is 0 Å². The second kappa shape index (κ2) is 5.75. The first kappa shape index (κ1) is 15.6. The maximum Gasteiger partial charge on any atom is 0.280 e. The van der Waals surface area contributed by atoms with Crippen molar-refractivity contribution < 1.29 is 17.9 Å². The topological polar surface area (TPSA) is 93.9 Å². The summed E-state index contributed by atoms with van der Waals surface area (Å²) in [4.78, 5) is 0. The van der Waals surface area contributed by atoms with Crippen LogP contribution in [0.4, 0.5) is 0 Å². The first-order valence-electron chi connectivity index (χ1n) is 7.68. The average Bonchev–Trinajstić information content (AvgIpc) is 2.43. The third kappa shape index (κ3) is 2.97. The van der Waals surface area contributed by atoms with Crippen molar-refractivity contribution in [2.24, 2.45) is 11.7 Å². The van der Waals surface area contributed by atoms with Crippen molar-refractivity contribution in [3.63, 3.8) is 0 Å². The largest absolute Gasteiger partial charge is 0.376 e. The lowest BCUT2D eigenvalue weighted by atomic mass is 9.69. The van der Waals surface area contributed by atoms with Crippen LogP contribution in [0, 0.1) is 5.92 Å². The molecule has 21 heavy (non-hydrogen) atoms. The molecule has 2 saturated heterocycles. The van der Waals surface area contributed by atoms with Crippen LogP contribution in [0.3, 0.4) is 0 Å². The SMILES string of the molecule is CC1CN(S(=O)(=O)NC2C(N)C3CCCOC32)CC(C)O1. The molecule has 2 heterocycles. The lowest BCUT2D eigenvalue weighted by Gasteiger charge is -2.52. The molecule has 0 amide bonds. The van der Waals surface area contributed by atoms with Crippen LogP contribution in [0.25, 0.3) is 0 Å². The van der Waals surface area contributed by atoms with Crippen molar-refractivity contribution in [1.29, 1.82) is 0 Å². The van der Waals surface area contributed by atoms with E-state index in [4.69, 9.17) is 15.2 Å². The van der Waals surface area contributed by atoms with Crippen molar-refractivity contribution in [2.45, 2.75) is 57.1 Å². The molecule has 1 aliphatic carbocycles. The van der Waals surface area contributed by atoms with Crippen LogP contribution in [-0.4, -0.2) is 62.8 Å². The van der Waals surface area contributed by atoms with E-state index >= 15 is 0 Å². The number of hydrogen-bond acceptors (Lipinski definition) is 5. The predicted molar refractivity (Wildman–Crippen MR) is 77.9 cm³/mol. The van der Waals surface area contributed by atoms with Crippen molar-refractivity contribution in [3.05, 3.63) is 0 Å². The fourth-order valence-electron chi connectivity index (χ4n) is 3.67. The Labute approximate surface area is 126 Å². The predicted octanol–water partition coefficient (Wildman–Crippen LogP) is -0.565. The van der Waals surface area contributed by atoms with Crippen LogP contribution in [0.2, 0.25) is 0 Å². The fourth-order valence-corrected chi connectivity index (χ4v) is 5.26. The highest BCUT2D eigenvalue weighted by molar-refractivity contribution is 7.87. The number of nitrogens with zero attached hydrogens (tertiary/aromatic N) is 1. The zero-order valence-corrected chi connectivity index (χ0v) is 13.4. The summed E-state index contributed by atoms with van der Waals surface area (Å²) in [6.07, 6.45) is 1.76. The van der Waals surface area contributed by atoms with Crippen molar-refractivity contribution in [3.8, 4) is 0 Å². The molecular formula is C13H25N3O4S. The van der Waals surface area contributed by atoms with Crippen LogP contribution in [-0.2, 0) is 19.7 Å². The molecule has 1 saturated carbocycles. The second-order valence-corrected chi connectivity index (χ2v) is 8.14. The monoisotopic (exact) mass is 319 g/mol. The Bertz CT molecular complexity index is 476. The molecule has 8 heteroatoms. The van der Waals surface area contributed by atoms with Gasteiger partial charge in [0.25, 0.3) is 10.2 Å². The molecule has 0 aromatic carbocycles. The van der Waals surface area contributed by atoms with Crippen LogP contribution in [0.1, 0.15) is 26.7 Å². The van der Waals surface area contributed by atoms with E-state index in [2.05, 4.69) is 4.72 Å². The van der Waals surface area contributed by atoms with Gasteiger partial charge < -0.3 is 15.2 Å². The first-order chi connectivity index (χ1) is 9.88. The normalized spacial score (nSPS) is 44.9. The summed E-state index contributed by atoms with van der Waals surface area (Å²) < 4.78 is 40.6. The lowest BCUT2D eigenvalue weighted by Crippen LogP contribution is -2.73. The highest BCUT2D eigenvalue weighted by atomic mass is 32.2. The average molecular weight is 319 g/mol. The van der Waals surface area contributed by atoms with Gasteiger partial charge in [-0.05, 0) is 26.7 Å². The van der Waals surface area contributed by atoms with Gasteiger partial charge in [0.2, 0.25) is 0 Å². The minimum Gasteiger partial charge on any atom is -0.376 e. The molecule has 2 aliphatic heterocycles. The third-order valence-corrected chi connectivity index (χ3v) is 6.24. The maximum atomic E-state index is 12.5. The van der Waals surface area contributed by atoms with E-state index in [9.17, 15) is 8.42 Å². The van der Waals surface area contributed by atoms with E-state index in [1.54, 1.807) is 0 Å². The number of hydrogen-bond donors (Lipinski definition) is 2. The summed E-state index contributed by atoms with van der Waals surface area (Å²) in [5, 5.41) is 0. The minimum absolute atomic E-state index is 0.0700. The molecule has 3 fully saturated rings. The third-order valence-electron chi connectivity index (χ3n) is 4.69. The molecule has 0 aromatic rings. The quantitative estimate of drug-likeness (QED) is 0.727. The van der Waals surface area contributed by atoms with Gasteiger partial charge in [-0.25, -0.2) is 0 Å². The van der Waals surface area contributed by atoms with Crippen molar-refractivity contribution in [1.82, 2.24) is 9.03 Å². The van der Waals surface area contributed by atoms with Crippen molar-refractivity contribution >= 4 is 10.2 Å². The Kier molecular flexibility index (Phi) is 4.28. The van der Waals surface area contributed by atoms with Gasteiger partial charge in [-0.3, -0.25) is 0 Å². The molecule has 122 valence electrons. The smallest absolute Gasteiger partial charge is 0.280 e. The zero-order valence-electron chi connectivity index (χ0n) is 12.6. The van der Waals surface area contributed by atoms with Crippen molar-refractivity contribution in [2.75, 3.05) is 19.7 Å². The highest BCUT2D eigenvalue weighted by Crippen LogP contribution is 2.37. The number of ether oxygens (including phenoxy) is 2. The van der Waals surface area contributed by atoms with Gasteiger partial charge in [-0.15, -0.1) is 0 Å². The van der Waals surface area contributed by atoms with E-state index in [0.29, 0.717) is 19.7 Å². The molecular weight excluding hydrogens is 294 g/mol. The lowest BCUT2D eigenvalue weighted by molar-refractivity contribution is -0.115. The molecule has 7 nitrogen and oxygen atoms in total. The summed E-state index contributed by atoms with van der Waals surface area (Å²) in [7, 11) is -3.55. The summed E-state index contributed by atoms with van der Waals surface area (Å²) >= 11 is 0. The maximum absolute atomic E-state index is 12.5. The number of nitrogens with one attached hydrogen (secondary N) is 1. The zero-order chi connectivity index (χ0) is 15.2. The number of morpholine rings is 1. The van der Waals surface area contributed by atoms with Gasteiger partial charge in [0.1, 0.15) is 0 Å². The summed E-state index contributed by atoms with van der Waals surface area (Å²) in [5.74, 6) is 0.286. The van der Waals surface area contributed by atoms with Gasteiger partial charge in [0.05, 0.1) is 24.4 Å². The first-order valence-corrected chi connectivity index (χ1v) is 9.12. The standard InChI is InChI=1S/C13H25N3O4S/c1-8-6-16(7-9(2)20-8)21(17,18)15-12-11(14)10-4-3-5-19-13(10)12/h8-13,15H,3-7,14H2,1-2H3. The van der Waals surface area contributed by atoms with E-state index in [0.717, 1.165) is 12.8 Å². The van der Waals surface area contributed by atoms with Gasteiger partial charge in [-0.2, -0.15) is 17.4 Å². The van der Waals surface area contributed by atoms with E-state index in [1.807, 2.05) is 13.8 Å². The molecule has 0 radical (unpaired) electrons.